The van der Waals surface area contributed by atoms with Crippen LogP contribution in [-0.4, -0.2) is 9.49 Å². The molecule has 0 radical (unpaired) electrons. The maximum Gasteiger partial charge on any atom is 0.251 e. The smallest absolute Gasteiger partial charge is 0.251 e. The van der Waals surface area contributed by atoms with E-state index in [1.165, 1.54) is 0 Å². The molecule has 0 saturated heterocycles. The Labute approximate surface area is 105 Å². The molecule has 0 saturated carbocycles. The third-order valence-electron chi connectivity index (χ3n) is 2.65. The summed E-state index contributed by atoms with van der Waals surface area (Å²) in [6.07, 6.45) is 5.68. The maximum atomic E-state index is 11.0. The van der Waals surface area contributed by atoms with E-state index in [4.69, 9.17) is 0 Å². The zero-order valence-corrected chi connectivity index (χ0v) is 10.1. The molecule has 4 heteroatoms. The molecule has 0 aliphatic carbocycles. The number of benzene rings is 1. The van der Waals surface area contributed by atoms with E-state index in [1.807, 2.05) is 60.4 Å². The Morgan fingerprint density at radius 1 is 1.33 bits per heavy atom. The Bertz CT molecular complexity index is 570. The van der Waals surface area contributed by atoms with Gasteiger partial charge in [0.05, 0.1) is 11.3 Å². The van der Waals surface area contributed by atoms with E-state index >= 15 is 0 Å². The van der Waals surface area contributed by atoms with Crippen LogP contribution in [0, 0.1) is 10.1 Å². The second-order valence-corrected chi connectivity index (χ2v) is 4.17. The molecule has 0 spiro atoms. The van der Waals surface area contributed by atoms with E-state index in [0.717, 1.165) is 11.1 Å². The summed E-state index contributed by atoms with van der Waals surface area (Å²) in [5.41, 5.74) is 1.99. The number of hydrogen-bond donors (Lipinski definition) is 0. The molecule has 0 amide bonds. The molecule has 18 heavy (non-hydrogen) atoms. The lowest BCUT2D eigenvalue weighted by Crippen LogP contribution is -2.02. The molecular formula is C14H14N2O2. The fourth-order valence-electron chi connectivity index (χ4n) is 1.78. The molecule has 2 rings (SSSR count). The van der Waals surface area contributed by atoms with Gasteiger partial charge in [-0.25, -0.2) is 0 Å². The quantitative estimate of drug-likeness (QED) is 0.611. The van der Waals surface area contributed by atoms with Crippen molar-refractivity contribution >= 4 is 6.08 Å². The summed E-state index contributed by atoms with van der Waals surface area (Å²) in [5, 5.41) is 11.0. The number of nitro groups is 1. The van der Waals surface area contributed by atoms with E-state index in [2.05, 4.69) is 0 Å². The highest BCUT2D eigenvalue weighted by molar-refractivity contribution is 5.50. The Kier molecular flexibility index (Phi) is 3.57. The highest BCUT2D eigenvalue weighted by atomic mass is 16.6. The number of rotatable bonds is 4. The molecule has 2 aromatic rings. The van der Waals surface area contributed by atoms with E-state index < -0.39 is 0 Å². The molecule has 0 N–H and O–H groups in total. The zero-order valence-electron chi connectivity index (χ0n) is 10.1. The summed E-state index contributed by atoms with van der Waals surface area (Å²) >= 11 is 0. The fraction of sp³-hybridized carbons (Fsp3) is 0.143. The van der Waals surface area contributed by atoms with Crippen molar-refractivity contribution in [3.05, 3.63) is 75.7 Å². The van der Waals surface area contributed by atoms with Crippen LogP contribution in [0.3, 0.4) is 0 Å². The predicted molar refractivity (Wildman–Crippen MR) is 70.5 cm³/mol. The normalized spacial score (nSPS) is 11.5. The first-order valence-corrected chi connectivity index (χ1v) is 5.66. The SMILES string of the molecule is Cn1ccc(C=C(Cc2ccccc2)[N+](=O)[O-])c1. The minimum absolute atomic E-state index is 0.201. The van der Waals surface area contributed by atoms with Crippen molar-refractivity contribution < 1.29 is 4.92 Å². The lowest BCUT2D eigenvalue weighted by molar-refractivity contribution is -0.425. The fourth-order valence-corrected chi connectivity index (χ4v) is 1.78. The van der Waals surface area contributed by atoms with Gasteiger partial charge in [-0.1, -0.05) is 30.3 Å². The minimum atomic E-state index is -0.319. The lowest BCUT2D eigenvalue weighted by Gasteiger charge is -1.99. The van der Waals surface area contributed by atoms with E-state index in [9.17, 15) is 10.1 Å². The molecule has 4 nitrogen and oxygen atoms in total. The maximum absolute atomic E-state index is 11.0. The van der Waals surface area contributed by atoms with Crippen LogP contribution in [-0.2, 0) is 13.5 Å². The molecule has 0 aliphatic heterocycles. The summed E-state index contributed by atoms with van der Waals surface area (Å²) in [6, 6.07) is 11.3. The monoisotopic (exact) mass is 242 g/mol. The van der Waals surface area contributed by atoms with Gasteiger partial charge >= 0.3 is 0 Å². The van der Waals surface area contributed by atoms with Gasteiger partial charge in [0.25, 0.3) is 5.70 Å². The second-order valence-electron chi connectivity index (χ2n) is 4.17. The van der Waals surface area contributed by atoms with Crippen molar-refractivity contribution in [1.29, 1.82) is 0 Å². The van der Waals surface area contributed by atoms with Gasteiger partial charge in [0.15, 0.2) is 0 Å². The lowest BCUT2D eigenvalue weighted by atomic mass is 10.1. The van der Waals surface area contributed by atoms with Gasteiger partial charge in [0.1, 0.15) is 0 Å². The molecule has 0 atom stereocenters. The Balaban J connectivity index is 2.24. The molecule has 92 valence electrons. The number of aryl methyl sites for hydroxylation is 1. The van der Waals surface area contributed by atoms with Crippen LogP contribution < -0.4 is 0 Å². The second kappa shape index (κ2) is 5.31. The first kappa shape index (κ1) is 12.1. The standard InChI is InChI=1S/C14H14N2O2/c1-15-8-7-13(11-15)10-14(16(17)18)9-12-5-3-2-4-6-12/h2-8,10-11H,9H2,1H3. The van der Waals surface area contributed by atoms with Gasteiger partial charge in [-0.05, 0) is 17.2 Å². The largest absolute Gasteiger partial charge is 0.357 e. The summed E-state index contributed by atoms with van der Waals surface area (Å²) in [4.78, 5) is 10.7. The number of aromatic nitrogens is 1. The zero-order chi connectivity index (χ0) is 13.0. The van der Waals surface area contributed by atoms with Gasteiger partial charge in [0.2, 0.25) is 0 Å². The predicted octanol–water partition coefficient (Wildman–Crippen LogP) is 2.89. The Morgan fingerprint density at radius 3 is 2.61 bits per heavy atom. The van der Waals surface area contributed by atoms with E-state index in [0.29, 0.717) is 6.42 Å². The van der Waals surface area contributed by atoms with Crippen LogP contribution in [0.25, 0.3) is 6.08 Å². The average molecular weight is 242 g/mol. The summed E-state index contributed by atoms with van der Waals surface area (Å²) in [7, 11) is 1.89. The van der Waals surface area contributed by atoms with Crippen LogP contribution in [0.15, 0.2) is 54.5 Å². The third kappa shape index (κ3) is 3.07. The van der Waals surface area contributed by atoms with Gasteiger partial charge < -0.3 is 4.57 Å². The molecule has 0 fully saturated rings. The highest BCUT2D eigenvalue weighted by Gasteiger charge is 2.11. The summed E-state index contributed by atoms with van der Waals surface area (Å²) in [6.45, 7) is 0. The molecule has 0 bridgehead atoms. The first-order chi connectivity index (χ1) is 8.65. The summed E-state index contributed by atoms with van der Waals surface area (Å²) < 4.78 is 1.87. The van der Waals surface area contributed by atoms with E-state index in [-0.39, 0.29) is 10.6 Å². The first-order valence-electron chi connectivity index (χ1n) is 5.66. The van der Waals surface area contributed by atoms with Crippen LogP contribution >= 0.6 is 0 Å². The van der Waals surface area contributed by atoms with Crippen LogP contribution in [0.4, 0.5) is 0 Å². The Hall–Kier alpha value is -2.36. The van der Waals surface area contributed by atoms with Gasteiger partial charge in [-0.2, -0.15) is 0 Å². The molecule has 0 unspecified atom stereocenters. The van der Waals surface area contributed by atoms with Crippen molar-refractivity contribution in [3.8, 4) is 0 Å². The highest BCUT2D eigenvalue weighted by Crippen LogP contribution is 2.13. The number of nitrogens with zero attached hydrogens (tertiary/aromatic N) is 2. The van der Waals surface area contributed by atoms with Crippen molar-refractivity contribution in [2.75, 3.05) is 0 Å². The molecule has 0 aliphatic rings. The van der Waals surface area contributed by atoms with Crippen molar-refractivity contribution in [2.24, 2.45) is 7.05 Å². The molecule has 1 aromatic carbocycles. The topological polar surface area (TPSA) is 48.1 Å². The van der Waals surface area contributed by atoms with Gasteiger partial charge in [-0.15, -0.1) is 0 Å². The van der Waals surface area contributed by atoms with E-state index in [1.54, 1.807) is 6.08 Å². The Morgan fingerprint density at radius 2 is 2.06 bits per heavy atom. The van der Waals surface area contributed by atoms with Crippen molar-refractivity contribution in [2.45, 2.75) is 6.42 Å². The van der Waals surface area contributed by atoms with Crippen LogP contribution in [0.1, 0.15) is 11.1 Å². The third-order valence-corrected chi connectivity index (χ3v) is 2.65. The minimum Gasteiger partial charge on any atom is -0.357 e. The van der Waals surface area contributed by atoms with Gasteiger partial charge in [0, 0.05) is 25.5 Å². The van der Waals surface area contributed by atoms with Crippen LogP contribution in [0.2, 0.25) is 0 Å². The van der Waals surface area contributed by atoms with Crippen molar-refractivity contribution in [3.63, 3.8) is 0 Å². The average Bonchev–Trinajstić information content (AvgIpc) is 2.75. The van der Waals surface area contributed by atoms with Gasteiger partial charge in [-0.3, -0.25) is 10.1 Å². The van der Waals surface area contributed by atoms with Crippen molar-refractivity contribution in [1.82, 2.24) is 4.57 Å². The van der Waals surface area contributed by atoms with Crippen LogP contribution in [0.5, 0.6) is 0 Å². The number of allylic oxidation sites excluding steroid dienone is 1. The number of hydrogen-bond acceptors (Lipinski definition) is 2. The molecule has 1 aromatic heterocycles. The molecule has 1 heterocycles. The molecular weight excluding hydrogens is 228 g/mol. The summed E-state index contributed by atoms with van der Waals surface area (Å²) in [5.74, 6) is 0.